The van der Waals surface area contributed by atoms with Gasteiger partial charge in [-0.15, -0.1) is 11.3 Å². The molecule has 5 aromatic rings. The standard InChI is InChI=1S/C26H17F3N4O3S2/c27-16-7-5-15(6-8-16)21-13-37-25(30-21)32-22(34)14-38-26-31-20-4-2-1-3-19(20)23(35)33(26)17-9-11-18(12-10-17)36-24(28)29/h1-13,24H,14H2,(H,30,32,34). The number of carbonyl (C=O) groups excluding carboxylic acids is 1. The van der Waals surface area contributed by atoms with Crippen LogP contribution >= 0.6 is 23.1 Å². The van der Waals surface area contributed by atoms with E-state index in [0.29, 0.717) is 33.0 Å². The van der Waals surface area contributed by atoms with E-state index in [4.69, 9.17) is 0 Å². The highest BCUT2D eigenvalue weighted by Gasteiger charge is 2.16. The quantitative estimate of drug-likeness (QED) is 0.188. The Hall–Kier alpha value is -4.16. The highest BCUT2D eigenvalue weighted by atomic mass is 32.2. The van der Waals surface area contributed by atoms with Crippen molar-refractivity contribution in [3.8, 4) is 22.7 Å². The molecule has 0 saturated carbocycles. The highest BCUT2D eigenvalue weighted by molar-refractivity contribution is 7.99. The number of aromatic nitrogens is 3. The Morgan fingerprint density at radius 1 is 1.03 bits per heavy atom. The summed E-state index contributed by atoms with van der Waals surface area (Å²) in [6.45, 7) is -2.97. The number of alkyl halides is 2. The molecule has 1 N–H and O–H groups in total. The fourth-order valence-corrected chi connectivity index (χ4v) is 5.13. The van der Waals surface area contributed by atoms with Crippen molar-refractivity contribution < 1.29 is 22.7 Å². The minimum absolute atomic E-state index is 0.0532. The van der Waals surface area contributed by atoms with Crippen LogP contribution in [0.2, 0.25) is 0 Å². The second-order valence-electron chi connectivity index (χ2n) is 7.81. The molecule has 1 amide bonds. The van der Waals surface area contributed by atoms with Crippen LogP contribution < -0.4 is 15.6 Å². The van der Waals surface area contributed by atoms with E-state index in [1.807, 2.05) is 0 Å². The average molecular weight is 555 g/mol. The van der Waals surface area contributed by atoms with Gasteiger partial charge in [0.15, 0.2) is 10.3 Å². The number of nitrogens with zero attached hydrogens (tertiary/aromatic N) is 3. The molecule has 0 aliphatic heterocycles. The maximum absolute atomic E-state index is 13.3. The first-order valence-corrected chi connectivity index (χ1v) is 12.9. The minimum atomic E-state index is -2.97. The van der Waals surface area contributed by atoms with Crippen LogP contribution in [0.1, 0.15) is 0 Å². The SMILES string of the molecule is O=C(CSc1nc2ccccc2c(=O)n1-c1ccc(OC(F)F)cc1)Nc1nc(-c2ccc(F)cc2)cs1. The van der Waals surface area contributed by atoms with Gasteiger partial charge in [0.05, 0.1) is 28.0 Å². The van der Waals surface area contributed by atoms with Crippen molar-refractivity contribution in [2.75, 3.05) is 11.1 Å². The third kappa shape index (κ3) is 5.71. The van der Waals surface area contributed by atoms with Crippen LogP contribution in [0.3, 0.4) is 0 Å². The van der Waals surface area contributed by atoms with E-state index < -0.39 is 6.61 Å². The molecule has 38 heavy (non-hydrogen) atoms. The van der Waals surface area contributed by atoms with E-state index in [-0.39, 0.29) is 33.9 Å². The van der Waals surface area contributed by atoms with Crippen molar-refractivity contribution in [3.05, 3.63) is 94.3 Å². The summed E-state index contributed by atoms with van der Waals surface area (Å²) in [6, 6.07) is 18.2. The lowest BCUT2D eigenvalue weighted by molar-refractivity contribution is -0.113. The number of hydrogen-bond donors (Lipinski definition) is 1. The van der Waals surface area contributed by atoms with Gasteiger partial charge in [-0.2, -0.15) is 8.78 Å². The molecule has 0 radical (unpaired) electrons. The Morgan fingerprint density at radius 2 is 1.76 bits per heavy atom. The van der Waals surface area contributed by atoms with Crippen LogP contribution in [-0.2, 0) is 4.79 Å². The Kier molecular flexibility index (Phi) is 7.43. The molecule has 0 spiro atoms. The van der Waals surface area contributed by atoms with Crippen LogP contribution in [0.5, 0.6) is 5.75 Å². The number of rotatable bonds is 8. The van der Waals surface area contributed by atoms with Crippen molar-refractivity contribution in [2.24, 2.45) is 0 Å². The Morgan fingerprint density at radius 3 is 2.50 bits per heavy atom. The van der Waals surface area contributed by atoms with E-state index in [1.54, 1.807) is 41.8 Å². The van der Waals surface area contributed by atoms with Crippen LogP contribution in [0.25, 0.3) is 27.8 Å². The molecule has 0 aliphatic carbocycles. The zero-order valence-electron chi connectivity index (χ0n) is 19.3. The van der Waals surface area contributed by atoms with Crippen molar-refractivity contribution in [2.45, 2.75) is 11.8 Å². The van der Waals surface area contributed by atoms with Crippen molar-refractivity contribution >= 4 is 45.0 Å². The summed E-state index contributed by atoms with van der Waals surface area (Å²) in [4.78, 5) is 35.0. The normalized spacial score (nSPS) is 11.2. The van der Waals surface area contributed by atoms with Gasteiger partial charge in [-0.3, -0.25) is 14.2 Å². The molecule has 0 fully saturated rings. The number of nitrogens with one attached hydrogen (secondary N) is 1. The number of halogens is 3. The molecule has 2 heterocycles. The maximum Gasteiger partial charge on any atom is 0.387 e. The first kappa shape index (κ1) is 25.5. The van der Waals surface area contributed by atoms with Crippen molar-refractivity contribution in [1.82, 2.24) is 14.5 Å². The number of hydrogen-bond acceptors (Lipinski definition) is 7. The number of carbonyl (C=O) groups is 1. The van der Waals surface area contributed by atoms with Gasteiger partial charge >= 0.3 is 6.61 Å². The van der Waals surface area contributed by atoms with Crippen LogP contribution in [0, 0.1) is 5.82 Å². The van der Waals surface area contributed by atoms with Crippen molar-refractivity contribution in [1.29, 1.82) is 0 Å². The van der Waals surface area contributed by atoms with Gasteiger partial charge in [0, 0.05) is 10.9 Å². The topological polar surface area (TPSA) is 86.1 Å². The molecule has 7 nitrogen and oxygen atoms in total. The third-order valence-corrected chi connectivity index (χ3v) is 6.98. The first-order chi connectivity index (χ1) is 18.4. The zero-order chi connectivity index (χ0) is 26.6. The summed E-state index contributed by atoms with van der Waals surface area (Å²) in [5.74, 6) is -0.858. The largest absolute Gasteiger partial charge is 0.435 e. The van der Waals surface area contributed by atoms with Crippen LogP contribution in [0.15, 0.2) is 88.1 Å². The molecule has 0 unspecified atom stereocenters. The van der Waals surface area contributed by atoms with Gasteiger partial charge in [-0.05, 0) is 60.7 Å². The molecule has 192 valence electrons. The lowest BCUT2D eigenvalue weighted by atomic mass is 10.2. The molecular weight excluding hydrogens is 537 g/mol. The molecule has 3 aromatic carbocycles. The van der Waals surface area contributed by atoms with E-state index in [1.165, 1.54) is 52.3 Å². The second-order valence-corrected chi connectivity index (χ2v) is 9.61. The molecule has 12 heteroatoms. The van der Waals surface area contributed by atoms with Gasteiger partial charge in [-0.1, -0.05) is 23.9 Å². The Balaban J connectivity index is 1.37. The van der Waals surface area contributed by atoms with Gasteiger partial charge in [0.1, 0.15) is 11.6 Å². The second kappa shape index (κ2) is 11.1. The summed E-state index contributed by atoms with van der Waals surface area (Å²) in [5, 5.41) is 5.45. The maximum atomic E-state index is 13.3. The lowest BCUT2D eigenvalue weighted by Crippen LogP contribution is -2.23. The average Bonchev–Trinajstić information content (AvgIpc) is 3.37. The summed E-state index contributed by atoms with van der Waals surface area (Å²) < 4.78 is 44.0. The lowest BCUT2D eigenvalue weighted by Gasteiger charge is -2.13. The monoisotopic (exact) mass is 554 g/mol. The molecular formula is C26H17F3N4O3S2. The number of ether oxygens (including phenoxy) is 1. The number of amides is 1. The minimum Gasteiger partial charge on any atom is -0.435 e. The summed E-state index contributed by atoms with van der Waals surface area (Å²) >= 11 is 2.27. The number of benzene rings is 3. The first-order valence-electron chi connectivity index (χ1n) is 11.1. The van der Waals surface area contributed by atoms with E-state index in [0.717, 1.165) is 11.8 Å². The Bertz CT molecular complexity index is 1660. The molecule has 0 saturated heterocycles. The van der Waals surface area contributed by atoms with Crippen LogP contribution in [-0.4, -0.2) is 32.8 Å². The number of thiazole rings is 1. The third-order valence-electron chi connectivity index (χ3n) is 5.29. The molecule has 0 atom stereocenters. The van der Waals surface area contributed by atoms with Crippen molar-refractivity contribution in [3.63, 3.8) is 0 Å². The van der Waals surface area contributed by atoms with Gasteiger partial charge in [0.25, 0.3) is 5.56 Å². The fourth-order valence-electron chi connectivity index (χ4n) is 3.58. The highest BCUT2D eigenvalue weighted by Crippen LogP contribution is 2.27. The molecule has 0 bridgehead atoms. The predicted octanol–water partition coefficient (Wildman–Crippen LogP) is 5.98. The zero-order valence-corrected chi connectivity index (χ0v) is 20.9. The van der Waals surface area contributed by atoms with Gasteiger partial charge < -0.3 is 10.1 Å². The number of anilines is 1. The molecule has 5 rings (SSSR count). The summed E-state index contributed by atoms with van der Waals surface area (Å²) in [5.41, 5.74) is 1.78. The smallest absolute Gasteiger partial charge is 0.387 e. The van der Waals surface area contributed by atoms with Crippen LogP contribution in [0.4, 0.5) is 18.3 Å². The number of thioether (sulfide) groups is 1. The fraction of sp³-hybridized carbons (Fsp3) is 0.0769. The van der Waals surface area contributed by atoms with Gasteiger partial charge in [0.2, 0.25) is 5.91 Å². The van der Waals surface area contributed by atoms with E-state index in [9.17, 15) is 22.8 Å². The molecule has 0 aliphatic rings. The van der Waals surface area contributed by atoms with Gasteiger partial charge in [-0.25, -0.2) is 14.4 Å². The number of fused-ring (bicyclic) bond motifs is 1. The summed E-state index contributed by atoms with van der Waals surface area (Å²) in [6.07, 6.45) is 0. The Labute approximate surface area is 221 Å². The van der Waals surface area contributed by atoms with E-state index in [2.05, 4.69) is 20.0 Å². The van der Waals surface area contributed by atoms with E-state index >= 15 is 0 Å². The summed E-state index contributed by atoms with van der Waals surface area (Å²) in [7, 11) is 0. The molecule has 2 aromatic heterocycles. The number of para-hydroxylation sites is 1. The predicted molar refractivity (Wildman–Crippen MR) is 141 cm³/mol.